The summed E-state index contributed by atoms with van der Waals surface area (Å²) in [6.45, 7) is 3.46. The summed E-state index contributed by atoms with van der Waals surface area (Å²) in [6, 6.07) is 7.06. The van der Waals surface area contributed by atoms with Gasteiger partial charge in [0.1, 0.15) is 11.0 Å². The zero-order valence-electron chi connectivity index (χ0n) is 21.0. The van der Waals surface area contributed by atoms with Crippen molar-refractivity contribution in [2.75, 3.05) is 31.1 Å². The Labute approximate surface area is 229 Å². The number of halogens is 5. The predicted octanol–water partition coefficient (Wildman–Crippen LogP) is 5.80. The molecule has 0 aliphatic carbocycles. The molecule has 0 spiro atoms. The fraction of sp³-hybridized carbons (Fsp3) is 0.519. The monoisotopic (exact) mass is 571 g/mol. The Morgan fingerprint density at radius 1 is 1.05 bits per heavy atom. The Hall–Kier alpha value is -2.36. The number of likely N-dealkylation sites (tertiary alicyclic amines) is 1. The lowest BCUT2D eigenvalue weighted by Crippen LogP contribution is -2.57. The van der Waals surface area contributed by atoms with Gasteiger partial charge in [-0.25, -0.2) is 4.98 Å². The maximum Gasteiger partial charge on any atom is 0.430 e. The zero-order chi connectivity index (χ0) is 27.7. The van der Waals surface area contributed by atoms with Crippen LogP contribution in [-0.4, -0.2) is 59.5 Å². The van der Waals surface area contributed by atoms with Crippen molar-refractivity contribution in [3.8, 4) is 0 Å². The van der Waals surface area contributed by atoms with Crippen LogP contribution in [0, 0.1) is 18.8 Å². The van der Waals surface area contributed by atoms with E-state index in [1.54, 1.807) is 19.1 Å². The number of nitrogens with zero attached hydrogens (tertiary/aromatic N) is 3. The molecule has 0 bridgehead atoms. The second kappa shape index (κ2) is 11.4. The molecule has 1 atom stereocenters. The molecule has 1 aromatic heterocycles. The first-order valence-corrected chi connectivity index (χ1v) is 13.4. The molecular formula is C27H30Cl2F3N3O3. The summed E-state index contributed by atoms with van der Waals surface area (Å²) in [5, 5.41) is 11.0. The van der Waals surface area contributed by atoms with E-state index >= 15 is 0 Å². The molecule has 1 N–H and O–H groups in total. The molecule has 0 saturated carbocycles. The molecule has 2 saturated heterocycles. The molecule has 1 unspecified atom stereocenters. The van der Waals surface area contributed by atoms with Crippen LogP contribution in [0.3, 0.4) is 0 Å². The summed E-state index contributed by atoms with van der Waals surface area (Å²) in [5.74, 6) is 0.135. The van der Waals surface area contributed by atoms with Gasteiger partial charge in [0.15, 0.2) is 6.29 Å². The molecule has 1 aromatic carbocycles. The maximum absolute atomic E-state index is 14.1. The van der Waals surface area contributed by atoms with Gasteiger partial charge < -0.3 is 14.9 Å². The molecule has 0 radical (unpaired) electrons. The Kier molecular flexibility index (Phi) is 8.59. The number of rotatable bonds is 6. The summed E-state index contributed by atoms with van der Waals surface area (Å²) >= 11 is 12.0. The average molecular weight is 572 g/mol. The summed E-state index contributed by atoms with van der Waals surface area (Å²) in [6.07, 6.45) is -0.543. The van der Waals surface area contributed by atoms with Crippen molar-refractivity contribution in [1.82, 2.24) is 9.88 Å². The largest absolute Gasteiger partial charge is 0.430 e. The normalized spacial score (nSPS) is 19.3. The zero-order valence-corrected chi connectivity index (χ0v) is 22.5. The Morgan fingerprint density at radius 2 is 1.66 bits per heavy atom. The van der Waals surface area contributed by atoms with E-state index in [1.165, 1.54) is 6.07 Å². The molecule has 11 heteroatoms. The molecule has 4 rings (SSSR count). The van der Waals surface area contributed by atoms with Crippen LogP contribution in [0.1, 0.15) is 53.6 Å². The minimum absolute atomic E-state index is 0.0251. The van der Waals surface area contributed by atoms with E-state index in [1.807, 2.05) is 0 Å². The molecular weight excluding hydrogens is 542 g/mol. The van der Waals surface area contributed by atoms with Crippen molar-refractivity contribution >= 4 is 41.2 Å². The highest BCUT2D eigenvalue weighted by Gasteiger charge is 2.62. The van der Waals surface area contributed by atoms with E-state index < -0.39 is 23.2 Å². The number of aromatic nitrogens is 1. The number of aldehydes is 1. The van der Waals surface area contributed by atoms with Crippen LogP contribution in [0.2, 0.25) is 10.2 Å². The summed E-state index contributed by atoms with van der Waals surface area (Å²) < 4.78 is 42.3. The van der Waals surface area contributed by atoms with Crippen molar-refractivity contribution in [3.63, 3.8) is 0 Å². The predicted molar refractivity (Wildman–Crippen MR) is 140 cm³/mol. The third kappa shape index (κ3) is 5.95. The lowest BCUT2D eigenvalue weighted by molar-refractivity contribution is -0.262. The van der Waals surface area contributed by atoms with Crippen molar-refractivity contribution in [3.05, 3.63) is 57.2 Å². The van der Waals surface area contributed by atoms with Gasteiger partial charge >= 0.3 is 6.18 Å². The lowest BCUT2D eigenvalue weighted by Gasteiger charge is -2.40. The fourth-order valence-electron chi connectivity index (χ4n) is 5.52. The number of hydrogen-bond donors (Lipinski definition) is 1. The molecule has 1 amide bonds. The number of aryl methyl sites for hydroxylation is 1. The van der Waals surface area contributed by atoms with Crippen LogP contribution in [-0.2, 0) is 10.4 Å². The van der Waals surface area contributed by atoms with Gasteiger partial charge in [-0.2, -0.15) is 13.2 Å². The first-order valence-electron chi connectivity index (χ1n) is 12.6. The highest BCUT2D eigenvalue weighted by molar-refractivity contribution is 6.31. The number of alkyl halides is 3. The number of amides is 1. The average Bonchev–Trinajstić information content (AvgIpc) is 2.87. The van der Waals surface area contributed by atoms with Crippen LogP contribution >= 0.6 is 23.2 Å². The topological polar surface area (TPSA) is 73.7 Å². The van der Waals surface area contributed by atoms with E-state index in [4.69, 9.17) is 23.2 Å². The highest BCUT2D eigenvalue weighted by Crippen LogP contribution is 2.42. The molecule has 2 aromatic rings. The van der Waals surface area contributed by atoms with Crippen molar-refractivity contribution < 1.29 is 27.9 Å². The van der Waals surface area contributed by atoms with Crippen LogP contribution in [0.4, 0.5) is 19.0 Å². The summed E-state index contributed by atoms with van der Waals surface area (Å²) in [5.41, 5.74) is -3.44. The smallest absolute Gasteiger partial charge is 0.368 e. The minimum Gasteiger partial charge on any atom is -0.368 e. The summed E-state index contributed by atoms with van der Waals surface area (Å²) in [4.78, 5) is 31.6. The second-order valence-electron chi connectivity index (χ2n) is 10.3. The highest BCUT2D eigenvalue weighted by atomic mass is 35.5. The number of anilines is 1. The van der Waals surface area contributed by atoms with Crippen molar-refractivity contribution in [2.45, 2.75) is 50.8 Å². The van der Waals surface area contributed by atoms with Gasteiger partial charge in [0.25, 0.3) is 11.5 Å². The van der Waals surface area contributed by atoms with E-state index in [-0.39, 0.29) is 23.3 Å². The Morgan fingerprint density at radius 3 is 2.18 bits per heavy atom. The van der Waals surface area contributed by atoms with Gasteiger partial charge in [-0.15, -0.1) is 0 Å². The van der Waals surface area contributed by atoms with E-state index in [2.05, 4.69) is 9.88 Å². The Balaban J connectivity index is 1.33. The van der Waals surface area contributed by atoms with Gasteiger partial charge in [0, 0.05) is 36.8 Å². The number of carbonyl (C=O) groups is 2. The number of aliphatic hydroxyl groups is 1. The van der Waals surface area contributed by atoms with E-state index in [0.717, 1.165) is 55.2 Å². The second-order valence-corrected chi connectivity index (χ2v) is 11.1. The van der Waals surface area contributed by atoms with Gasteiger partial charge in [0.05, 0.1) is 5.56 Å². The number of pyridine rings is 1. The number of benzene rings is 1. The number of hydrogen-bond acceptors (Lipinski definition) is 5. The molecule has 6 nitrogen and oxygen atoms in total. The van der Waals surface area contributed by atoms with Gasteiger partial charge in [0.2, 0.25) is 0 Å². The first kappa shape index (κ1) is 28.6. The third-order valence-corrected chi connectivity index (χ3v) is 8.20. The molecule has 2 fully saturated rings. The number of carbonyl (C=O) groups excluding carboxylic acids is 2. The van der Waals surface area contributed by atoms with E-state index in [0.29, 0.717) is 42.1 Å². The molecule has 2 aliphatic heterocycles. The van der Waals surface area contributed by atoms with Crippen LogP contribution in [0.25, 0.3) is 0 Å². The van der Waals surface area contributed by atoms with Crippen LogP contribution < -0.4 is 4.90 Å². The Bertz CT molecular complexity index is 1160. The van der Waals surface area contributed by atoms with Gasteiger partial charge in [-0.05, 0) is 80.7 Å². The van der Waals surface area contributed by atoms with Crippen molar-refractivity contribution in [2.24, 2.45) is 11.8 Å². The van der Waals surface area contributed by atoms with Crippen molar-refractivity contribution in [1.29, 1.82) is 0 Å². The maximum atomic E-state index is 14.1. The SMILES string of the molecule is Cc1cc(Cl)cc(C(O)(C(=O)N2CCC(CC3CCN(c4ccc(C=O)c(Cl)n4)CC3)CC2)C(F)(F)F)c1. The standard InChI is InChI=1S/C27H30Cl2F3N3O3/c1-17-12-21(15-22(28)13-17)26(38,27(30,31)32)25(37)35-10-6-19(7-11-35)14-18-4-8-34(9-5-18)23-3-2-20(16-36)24(29)33-23/h2-3,12-13,15-16,18-19,38H,4-11,14H2,1H3. The van der Waals surface area contributed by atoms with E-state index in [9.17, 15) is 27.9 Å². The quantitative estimate of drug-likeness (QED) is 0.350. The molecule has 2 aliphatic rings. The fourth-order valence-corrected chi connectivity index (χ4v) is 6.01. The van der Waals surface area contributed by atoms with Gasteiger partial charge in [-0.3, -0.25) is 9.59 Å². The third-order valence-electron chi connectivity index (χ3n) is 7.68. The molecule has 3 heterocycles. The molecule has 38 heavy (non-hydrogen) atoms. The van der Waals surface area contributed by atoms with Gasteiger partial charge in [-0.1, -0.05) is 29.3 Å². The minimum atomic E-state index is -5.20. The van der Waals surface area contributed by atoms with Crippen LogP contribution in [0.15, 0.2) is 30.3 Å². The summed E-state index contributed by atoms with van der Waals surface area (Å²) in [7, 11) is 0. The lowest BCUT2D eigenvalue weighted by atomic mass is 9.82. The number of piperidine rings is 2. The molecule has 206 valence electrons. The first-order chi connectivity index (χ1) is 17.9. The van der Waals surface area contributed by atoms with Crippen LogP contribution in [0.5, 0.6) is 0 Å².